The summed E-state index contributed by atoms with van der Waals surface area (Å²) >= 11 is 0. The first-order chi connectivity index (χ1) is 12.3. The van der Waals surface area contributed by atoms with Crippen molar-refractivity contribution in [2.75, 3.05) is 27.3 Å². The minimum Gasteiger partial charge on any atom is -0.494 e. The van der Waals surface area contributed by atoms with E-state index >= 15 is 0 Å². The van der Waals surface area contributed by atoms with Gasteiger partial charge in [0.25, 0.3) is 0 Å². The summed E-state index contributed by atoms with van der Waals surface area (Å²) < 4.78 is 10.8. The van der Waals surface area contributed by atoms with Crippen LogP contribution < -0.4 is 15.4 Å². The van der Waals surface area contributed by atoms with Crippen LogP contribution in [-0.2, 0) is 17.9 Å². The number of ether oxygens (including phenoxy) is 2. The maximum absolute atomic E-state index is 5.67. The van der Waals surface area contributed by atoms with E-state index in [0.29, 0.717) is 13.2 Å². The molecule has 0 aliphatic heterocycles. The Kier molecular flexibility index (Phi) is 8.35. The quantitative estimate of drug-likeness (QED) is 0.418. The number of para-hydroxylation sites is 1. The van der Waals surface area contributed by atoms with Gasteiger partial charge in [0.15, 0.2) is 5.96 Å². The van der Waals surface area contributed by atoms with Crippen molar-refractivity contribution in [1.82, 2.24) is 10.6 Å². The molecule has 0 atom stereocenters. The minimum atomic E-state index is 0.641. The summed E-state index contributed by atoms with van der Waals surface area (Å²) in [6.45, 7) is 2.85. The molecule has 25 heavy (non-hydrogen) atoms. The number of hydrogen-bond donors (Lipinski definition) is 2. The van der Waals surface area contributed by atoms with Gasteiger partial charge in [0.2, 0.25) is 0 Å². The van der Waals surface area contributed by atoms with Crippen LogP contribution in [0.5, 0.6) is 5.75 Å². The molecule has 0 spiro atoms. The molecule has 0 heterocycles. The molecule has 2 aromatic rings. The molecule has 5 nitrogen and oxygen atoms in total. The van der Waals surface area contributed by atoms with Crippen molar-refractivity contribution in [3.05, 3.63) is 65.7 Å². The third kappa shape index (κ3) is 7.27. The van der Waals surface area contributed by atoms with E-state index in [0.717, 1.165) is 31.2 Å². The van der Waals surface area contributed by atoms with E-state index in [1.165, 1.54) is 11.1 Å². The van der Waals surface area contributed by atoms with Gasteiger partial charge < -0.3 is 20.1 Å². The lowest BCUT2D eigenvalue weighted by atomic mass is 10.1. The molecular weight excluding hydrogens is 314 g/mol. The summed E-state index contributed by atoms with van der Waals surface area (Å²) in [6, 6.07) is 18.2. The van der Waals surface area contributed by atoms with E-state index in [4.69, 9.17) is 9.47 Å². The number of hydrogen-bond acceptors (Lipinski definition) is 3. The molecule has 2 aromatic carbocycles. The van der Waals surface area contributed by atoms with Crippen molar-refractivity contribution < 1.29 is 9.47 Å². The smallest absolute Gasteiger partial charge is 0.191 e. The maximum atomic E-state index is 5.67. The molecule has 0 radical (unpaired) electrons. The maximum Gasteiger partial charge on any atom is 0.191 e. The second-order valence-corrected chi connectivity index (χ2v) is 5.62. The summed E-state index contributed by atoms with van der Waals surface area (Å²) in [7, 11) is 3.48. The van der Waals surface area contributed by atoms with Gasteiger partial charge in [-0.05, 0) is 29.7 Å². The number of aliphatic imine (C=N–C) groups is 1. The summed E-state index contributed by atoms with van der Waals surface area (Å²) in [4.78, 5) is 4.24. The van der Waals surface area contributed by atoms with Gasteiger partial charge >= 0.3 is 0 Å². The van der Waals surface area contributed by atoms with E-state index in [1.54, 1.807) is 14.2 Å². The topological polar surface area (TPSA) is 54.9 Å². The molecule has 0 unspecified atom stereocenters. The molecule has 2 N–H and O–H groups in total. The van der Waals surface area contributed by atoms with E-state index in [9.17, 15) is 0 Å². The molecule has 0 saturated carbocycles. The van der Waals surface area contributed by atoms with Crippen molar-refractivity contribution >= 4 is 5.96 Å². The molecular formula is C20H27N3O2. The Balaban J connectivity index is 1.63. The van der Waals surface area contributed by atoms with Gasteiger partial charge in [-0.15, -0.1) is 0 Å². The molecule has 134 valence electrons. The zero-order valence-electron chi connectivity index (χ0n) is 15.0. The Morgan fingerprint density at radius 3 is 2.36 bits per heavy atom. The van der Waals surface area contributed by atoms with Crippen LogP contribution >= 0.6 is 0 Å². The second-order valence-electron chi connectivity index (χ2n) is 5.62. The first-order valence-electron chi connectivity index (χ1n) is 8.51. The van der Waals surface area contributed by atoms with E-state index < -0.39 is 0 Å². The van der Waals surface area contributed by atoms with E-state index in [2.05, 4.69) is 39.9 Å². The van der Waals surface area contributed by atoms with Gasteiger partial charge in [-0.25, -0.2) is 0 Å². The fourth-order valence-corrected chi connectivity index (χ4v) is 2.31. The summed E-state index contributed by atoms with van der Waals surface area (Å²) in [6.07, 6.45) is 0.904. The van der Waals surface area contributed by atoms with Crippen LogP contribution in [0.2, 0.25) is 0 Å². The number of guanidine groups is 1. The van der Waals surface area contributed by atoms with Crippen LogP contribution in [0.3, 0.4) is 0 Å². The molecule has 0 saturated heterocycles. The van der Waals surface area contributed by atoms with Crippen molar-refractivity contribution in [1.29, 1.82) is 0 Å². The molecule has 0 fully saturated rings. The molecule has 0 aromatic heterocycles. The Morgan fingerprint density at radius 1 is 0.960 bits per heavy atom. The van der Waals surface area contributed by atoms with Crippen molar-refractivity contribution in [2.45, 2.75) is 19.6 Å². The van der Waals surface area contributed by atoms with Crippen molar-refractivity contribution in [3.8, 4) is 5.75 Å². The average molecular weight is 341 g/mol. The Hall–Kier alpha value is -2.53. The second kappa shape index (κ2) is 11.1. The van der Waals surface area contributed by atoms with E-state index in [-0.39, 0.29) is 0 Å². The van der Waals surface area contributed by atoms with Gasteiger partial charge in [0, 0.05) is 27.2 Å². The fraction of sp³-hybridized carbons (Fsp3) is 0.350. The van der Waals surface area contributed by atoms with Crippen LogP contribution in [0.25, 0.3) is 0 Å². The van der Waals surface area contributed by atoms with Crippen molar-refractivity contribution in [3.63, 3.8) is 0 Å². The first kappa shape index (κ1) is 18.8. The standard InChI is InChI=1S/C20H27N3O2/c1-21-20(22-13-6-14-25-19-7-4-3-5-8-19)23-15-17-9-11-18(12-10-17)16-24-2/h3-5,7-12H,6,13-16H2,1-2H3,(H2,21,22,23). The lowest BCUT2D eigenvalue weighted by Gasteiger charge is -2.12. The predicted molar refractivity (Wildman–Crippen MR) is 102 cm³/mol. The molecule has 0 aliphatic carbocycles. The Labute approximate surface area is 150 Å². The number of nitrogens with zero attached hydrogens (tertiary/aromatic N) is 1. The monoisotopic (exact) mass is 341 g/mol. The molecule has 2 rings (SSSR count). The minimum absolute atomic E-state index is 0.641. The number of rotatable bonds is 9. The number of nitrogens with one attached hydrogen (secondary N) is 2. The van der Waals surface area contributed by atoms with Gasteiger partial charge in [-0.3, -0.25) is 4.99 Å². The third-order valence-electron chi connectivity index (χ3n) is 3.64. The lowest BCUT2D eigenvalue weighted by molar-refractivity contribution is 0.185. The Morgan fingerprint density at radius 2 is 1.68 bits per heavy atom. The zero-order valence-corrected chi connectivity index (χ0v) is 15.0. The third-order valence-corrected chi connectivity index (χ3v) is 3.64. The van der Waals surface area contributed by atoms with Crippen molar-refractivity contribution in [2.24, 2.45) is 4.99 Å². The average Bonchev–Trinajstić information content (AvgIpc) is 2.66. The van der Waals surface area contributed by atoms with Crippen LogP contribution in [-0.4, -0.2) is 33.3 Å². The molecule has 5 heteroatoms. The number of benzene rings is 2. The number of methoxy groups -OCH3 is 1. The van der Waals surface area contributed by atoms with Crippen LogP contribution in [0, 0.1) is 0 Å². The highest BCUT2D eigenvalue weighted by Gasteiger charge is 1.99. The van der Waals surface area contributed by atoms with Gasteiger partial charge in [-0.1, -0.05) is 42.5 Å². The van der Waals surface area contributed by atoms with Crippen LogP contribution in [0.4, 0.5) is 0 Å². The van der Waals surface area contributed by atoms with Gasteiger partial charge in [-0.2, -0.15) is 0 Å². The zero-order chi connectivity index (χ0) is 17.7. The fourth-order valence-electron chi connectivity index (χ4n) is 2.31. The lowest BCUT2D eigenvalue weighted by Crippen LogP contribution is -2.37. The largest absolute Gasteiger partial charge is 0.494 e. The summed E-state index contributed by atoms with van der Waals surface area (Å²) in [5.74, 6) is 1.70. The van der Waals surface area contributed by atoms with Gasteiger partial charge in [0.05, 0.1) is 13.2 Å². The molecule has 0 aliphatic rings. The SMILES string of the molecule is CN=C(NCCCOc1ccccc1)NCc1ccc(COC)cc1. The van der Waals surface area contributed by atoms with Gasteiger partial charge in [0.1, 0.15) is 5.75 Å². The normalized spacial score (nSPS) is 11.2. The highest BCUT2D eigenvalue weighted by molar-refractivity contribution is 5.79. The summed E-state index contributed by atoms with van der Waals surface area (Å²) in [5.41, 5.74) is 2.38. The molecule has 0 amide bonds. The van der Waals surface area contributed by atoms with E-state index in [1.807, 2.05) is 30.3 Å². The predicted octanol–water partition coefficient (Wildman–Crippen LogP) is 2.97. The van der Waals surface area contributed by atoms with Crippen LogP contribution in [0.15, 0.2) is 59.6 Å². The van der Waals surface area contributed by atoms with Crippen LogP contribution in [0.1, 0.15) is 17.5 Å². The Bertz CT molecular complexity index is 627. The summed E-state index contributed by atoms with van der Waals surface area (Å²) in [5, 5.41) is 6.61. The highest BCUT2D eigenvalue weighted by atomic mass is 16.5. The highest BCUT2D eigenvalue weighted by Crippen LogP contribution is 2.08. The molecule has 0 bridgehead atoms. The first-order valence-corrected chi connectivity index (χ1v) is 8.51.